The third kappa shape index (κ3) is 1.82. The van der Waals surface area contributed by atoms with Gasteiger partial charge in [0.2, 0.25) is 0 Å². The number of aliphatic hydroxyl groups excluding tert-OH is 3. The van der Waals surface area contributed by atoms with E-state index in [1.54, 1.807) is 0 Å². The van der Waals surface area contributed by atoms with E-state index in [9.17, 15) is 4.79 Å². The lowest BCUT2D eigenvalue weighted by Gasteiger charge is -2.41. The Labute approximate surface area is 81.7 Å². The molecule has 0 atom stereocenters. The van der Waals surface area contributed by atoms with E-state index >= 15 is 0 Å². The van der Waals surface area contributed by atoms with Gasteiger partial charge in [-0.3, -0.25) is 4.90 Å². The van der Waals surface area contributed by atoms with E-state index in [0.717, 1.165) is 0 Å². The first-order chi connectivity index (χ1) is 6.70. The topological polar surface area (TPSA) is 90.2 Å². The van der Waals surface area contributed by atoms with Crippen LogP contribution in [0.3, 0.4) is 0 Å². The Bertz CT molecular complexity index is 196. The van der Waals surface area contributed by atoms with E-state index in [1.807, 2.05) is 0 Å². The third-order valence-corrected chi connectivity index (χ3v) is 2.43. The molecule has 1 saturated heterocycles. The summed E-state index contributed by atoms with van der Waals surface area (Å²) in [6, 6.07) is 0. The average molecular weight is 205 g/mol. The van der Waals surface area contributed by atoms with Gasteiger partial charge in [0, 0.05) is 6.54 Å². The molecule has 0 aliphatic carbocycles. The quantitative estimate of drug-likeness (QED) is 0.522. The van der Waals surface area contributed by atoms with Crippen LogP contribution in [0.4, 0.5) is 4.79 Å². The number of carbonyl (C=O) groups excluding carboxylic acids is 1. The van der Waals surface area contributed by atoms with Crippen molar-refractivity contribution in [2.24, 2.45) is 0 Å². The second-order valence-corrected chi connectivity index (χ2v) is 3.32. The molecule has 0 saturated carbocycles. The number of cyclic esters (lactones) is 1. The van der Waals surface area contributed by atoms with Crippen LogP contribution in [0.2, 0.25) is 0 Å². The van der Waals surface area contributed by atoms with Gasteiger partial charge in [0.15, 0.2) is 0 Å². The van der Waals surface area contributed by atoms with E-state index < -0.39 is 31.5 Å². The van der Waals surface area contributed by atoms with Gasteiger partial charge < -0.3 is 20.1 Å². The number of rotatable bonds is 4. The zero-order valence-corrected chi connectivity index (χ0v) is 7.85. The number of hydrogen-bond donors (Lipinski definition) is 3. The third-order valence-electron chi connectivity index (χ3n) is 2.43. The Balaban J connectivity index is 2.79. The minimum absolute atomic E-state index is 0.341. The number of nitrogens with zero attached hydrogens (tertiary/aromatic N) is 1. The minimum atomic E-state index is -1.31. The molecule has 1 aliphatic rings. The average Bonchev–Trinajstić information content (AvgIpc) is 2.24. The molecule has 1 heterocycles. The van der Waals surface area contributed by atoms with Gasteiger partial charge in [-0.15, -0.1) is 0 Å². The monoisotopic (exact) mass is 205 g/mol. The maximum Gasteiger partial charge on any atom is 0.410 e. The van der Waals surface area contributed by atoms with Crippen molar-refractivity contribution in [3.8, 4) is 0 Å². The molecule has 0 spiro atoms. The highest BCUT2D eigenvalue weighted by molar-refractivity contribution is 5.69. The van der Waals surface area contributed by atoms with Crippen LogP contribution in [0.5, 0.6) is 0 Å². The Morgan fingerprint density at radius 2 is 1.86 bits per heavy atom. The van der Waals surface area contributed by atoms with E-state index in [-0.39, 0.29) is 0 Å². The molecule has 0 aromatic carbocycles. The maximum atomic E-state index is 11.3. The molecule has 0 bridgehead atoms. The molecule has 1 fully saturated rings. The Kier molecular flexibility index (Phi) is 3.68. The summed E-state index contributed by atoms with van der Waals surface area (Å²) < 4.78 is 4.76. The Morgan fingerprint density at radius 1 is 1.29 bits per heavy atom. The Hall–Kier alpha value is -0.850. The summed E-state index contributed by atoms with van der Waals surface area (Å²) in [5, 5.41) is 27.2. The number of ether oxygens (including phenoxy) is 1. The predicted octanol–water partition coefficient (Wildman–Crippen LogP) is -1.46. The molecule has 1 rings (SSSR count). The fraction of sp³-hybridized carbons (Fsp3) is 0.875. The number of aliphatic hydroxyl groups is 3. The van der Waals surface area contributed by atoms with Crippen molar-refractivity contribution in [2.45, 2.75) is 12.0 Å². The van der Waals surface area contributed by atoms with Crippen LogP contribution in [0.25, 0.3) is 0 Å². The zero-order chi connectivity index (χ0) is 10.6. The van der Waals surface area contributed by atoms with Crippen molar-refractivity contribution in [3.05, 3.63) is 0 Å². The van der Waals surface area contributed by atoms with E-state index in [4.69, 9.17) is 20.1 Å². The molecular formula is C8H15NO5. The summed E-state index contributed by atoms with van der Waals surface area (Å²) >= 11 is 0. The van der Waals surface area contributed by atoms with Crippen molar-refractivity contribution < 1.29 is 24.9 Å². The molecule has 1 amide bonds. The van der Waals surface area contributed by atoms with Crippen molar-refractivity contribution in [3.63, 3.8) is 0 Å². The molecule has 14 heavy (non-hydrogen) atoms. The second kappa shape index (κ2) is 4.59. The lowest BCUT2D eigenvalue weighted by atomic mass is 10.0. The Morgan fingerprint density at radius 3 is 2.29 bits per heavy atom. The first kappa shape index (κ1) is 11.2. The van der Waals surface area contributed by atoms with Gasteiger partial charge in [-0.2, -0.15) is 0 Å². The zero-order valence-electron chi connectivity index (χ0n) is 7.85. The first-order valence-electron chi connectivity index (χ1n) is 4.47. The van der Waals surface area contributed by atoms with Crippen molar-refractivity contribution in [1.82, 2.24) is 4.90 Å². The molecule has 0 aromatic rings. The van der Waals surface area contributed by atoms with Crippen LogP contribution >= 0.6 is 0 Å². The van der Waals surface area contributed by atoms with Crippen LogP contribution in [-0.4, -0.2) is 64.8 Å². The van der Waals surface area contributed by atoms with Gasteiger partial charge in [0.25, 0.3) is 0 Å². The van der Waals surface area contributed by atoms with E-state index in [2.05, 4.69) is 0 Å². The number of hydrogen-bond acceptors (Lipinski definition) is 5. The van der Waals surface area contributed by atoms with Crippen LogP contribution < -0.4 is 0 Å². The van der Waals surface area contributed by atoms with E-state index in [1.165, 1.54) is 4.90 Å². The number of carbonyl (C=O) groups is 1. The molecule has 1 aliphatic heterocycles. The molecule has 0 unspecified atom stereocenters. The smallest absolute Gasteiger partial charge is 0.410 e. The largest absolute Gasteiger partial charge is 0.449 e. The first-order valence-corrected chi connectivity index (χ1v) is 4.47. The standard InChI is InChI=1S/C8H15NO5/c10-4-8(5-11,6-12)9-2-1-3-14-7(9)13/h10-12H,1-6H2. The summed E-state index contributed by atoms with van der Waals surface area (Å²) in [7, 11) is 0. The summed E-state index contributed by atoms with van der Waals surface area (Å²) in [6.07, 6.45) is 0.0291. The van der Waals surface area contributed by atoms with Crippen LogP contribution in [-0.2, 0) is 4.74 Å². The fourth-order valence-electron chi connectivity index (χ4n) is 1.39. The fourth-order valence-corrected chi connectivity index (χ4v) is 1.39. The summed E-state index contributed by atoms with van der Waals surface area (Å²) in [5.41, 5.74) is -1.31. The van der Waals surface area contributed by atoms with Gasteiger partial charge >= 0.3 is 6.09 Å². The molecule has 3 N–H and O–H groups in total. The van der Waals surface area contributed by atoms with Crippen molar-refractivity contribution in [2.75, 3.05) is 33.0 Å². The second-order valence-electron chi connectivity index (χ2n) is 3.32. The molecular weight excluding hydrogens is 190 g/mol. The molecule has 0 aromatic heterocycles. The minimum Gasteiger partial charge on any atom is -0.449 e. The van der Waals surface area contributed by atoms with Crippen LogP contribution in [0.1, 0.15) is 6.42 Å². The highest BCUT2D eigenvalue weighted by Gasteiger charge is 2.40. The van der Waals surface area contributed by atoms with Gasteiger partial charge in [-0.25, -0.2) is 4.79 Å². The van der Waals surface area contributed by atoms with Crippen LogP contribution in [0, 0.1) is 0 Å². The lowest BCUT2D eigenvalue weighted by Crippen LogP contribution is -2.61. The maximum absolute atomic E-state index is 11.3. The van der Waals surface area contributed by atoms with Gasteiger partial charge in [-0.1, -0.05) is 0 Å². The van der Waals surface area contributed by atoms with Crippen molar-refractivity contribution in [1.29, 1.82) is 0 Å². The van der Waals surface area contributed by atoms with E-state index in [0.29, 0.717) is 19.6 Å². The van der Waals surface area contributed by atoms with Crippen LogP contribution in [0.15, 0.2) is 0 Å². The molecule has 6 heteroatoms. The molecule has 6 nitrogen and oxygen atoms in total. The van der Waals surface area contributed by atoms with Gasteiger partial charge in [-0.05, 0) is 6.42 Å². The van der Waals surface area contributed by atoms with Gasteiger partial charge in [0.05, 0.1) is 26.4 Å². The predicted molar refractivity (Wildman–Crippen MR) is 46.7 cm³/mol. The molecule has 0 radical (unpaired) electrons. The highest BCUT2D eigenvalue weighted by atomic mass is 16.6. The lowest BCUT2D eigenvalue weighted by molar-refractivity contribution is -0.0575. The van der Waals surface area contributed by atoms with Gasteiger partial charge in [0.1, 0.15) is 5.54 Å². The normalized spacial score (nSPS) is 18.2. The molecule has 82 valence electrons. The SMILES string of the molecule is O=C1OCCCN1C(CO)(CO)CO. The summed E-state index contributed by atoms with van der Waals surface area (Å²) in [4.78, 5) is 12.5. The highest BCUT2D eigenvalue weighted by Crippen LogP contribution is 2.19. The summed E-state index contributed by atoms with van der Waals surface area (Å²) in [5.74, 6) is 0. The van der Waals surface area contributed by atoms with Crippen molar-refractivity contribution >= 4 is 6.09 Å². The number of amides is 1. The summed E-state index contributed by atoms with van der Waals surface area (Å²) in [6.45, 7) is -0.756.